The molecule has 1 aliphatic rings. The van der Waals surface area contributed by atoms with E-state index in [0.717, 1.165) is 0 Å². The molecular weight excluding hydrogens is 304 g/mol. The summed E-state index contributed by atoms with van der Waals surface area (Å²) in [6.45, 7) is 5.78. The predicted molar refractivity (Wildman–Crippen MR) is 80.4 cm³/mol. The lowest BCUT2D eigenvalue weighted by Crippen LogP contribution is -2.51. The molecule has 0 spiro atoms. The van der Waals surface area contributed by atoms with Crippen LogP contribution in [0.15, 0.2) is 18.3 Å². The van der Waals surface area contributed by atoms with E-state index in [9.17, 15) is 19.7 Å². The van der Waals surface area contributed by atoms with Gasteiger partial charge in [-0.2, -0.15) is 0 Å². The Morgan fingerprint density at radius 2 is 2.04 bits per heavy atom. The van der Waals surface area contributed by atoms with Crippen LogP contribution < -0.4 is 4.90 Å². The fourth-order valence-electron chi connectivity index (χ4n) is 1.90. The lowest BCUT2D eigenvalue weighted by molar-refractivity contribution is -0.389. The van der Waals surface area contributed by atoms with Gasteiger partial charge >= 0.3 is 11.8 Å². The molecule has 1 amide bonds. The summed E-state index contributed by atoms with van der Waals surface area (Å²) in [5.41, 5.74) is -0.176. The molecule has 0 saturated carbocycles. The molecule has 1 aliphatic heterocycles. The molecule has 0 unspecified atom stereocenters. The van der Waals surface area contributed by atoms with E-state index in [4.69, 9.17) is 4.84 Å². The summed E-state index contributed by atoms with van der Waals surface area (Å²) in [5, 5.41) is 11.9. The Morgan fingerprint density at radius 1 is 1.35 bits per heavy atom. The highest BCUT2D eigenvalue weighted by Crippen LogP contribution is 2.21. The molecular formula is C14H18N4O5. The van der Waals surface area contributed by atoms with Crippen LogP contribution in [-0.2, 0) is 14.4 Å². The molecule has 1 aromatic heterocycles. The number of hydrogen-bond donors (Lipinski definition) is 0. The first-order valence-electron chi connectivity index (χ1n) is 7.06. The first-order valence-corrected chi connectivity index (χ1v) is 7.06. The van der Waals surface area contributed by atoms with Crippen LogP contribution in [0.4, 0.5) is 11.5 Å². The summed E-state index contributed by atoms with van der Waals surface area (Å²) in [6, 6.07) is 2.72. The van der Waals surface area contributed by atoms with E-state index in [2.05, 4.69) is 4.98 Å². The molecule has 0 bridgehead atoms. The number of carbonyl (C=O) groups excluding carboxylic acids is 2. The van der Waals surface area contributed by atoms with Crippen molar-refractivity contribution in [1.82, 2.24) is 10.0 Å². The van der Waals surface area contributed by atoms with Crippen molar-refractivity contribution in [2.24, 2.45) is 5.41 Å². The van der Waals surface area contributed by atoms with Crippen molar-refractivity contribution in [3.63, 3.8) is 0 Å². The van der Waals surface area contributed by atoms with Crippen LogP contribution in [0.25, 0.3) is 0 Å². The Bertz CT molecular complexity index is 623. The van der Waals surface area contributed by atoms with Crippen molar-refractivity contribution in [3.8, 4) is 0 Å². The minimum absolute atomic E-state index is 0.0706. The van der Waals surface area contributed by atoms with Crippen molar-refractivity contribution in [2.45, 2.75) is 20.8 Å². The molecule has 0 aliphatic carbocycles. The van der Waals surface area contributed by atoms with Gasteiger partial charge in [-0.1, -0.05) is 0 Å². The minimum atomic E-state index is -0.650. The first-order chi connectivity index (χ1) is 10.7. The number of nitro groups is 1. The number of piperazine rings is 1. The summed E-state index contributed by atoms with van der Waals surface area (Å²) in [6.07, 6.45) is 1.28. The number of hydroxylamine groups is 2. The van der Waals surface area contributed by atoms with Crippen LogP contribution in [0, 0.1) is 15.5 Å². The SMILES string of the molecule is CC(C)(C)C(=O)ON1CCN(c2ccc([N+](=O)[O-])nc2)C(=O)C1. The molecule has 1 aromatic rings. The Kier molecular flexibility index (Phi) is 4.60. The molecule has 0 N–H and O–H groups in total. The maximum Gasteiger partial charge on any atom is 0.363 e. The molecule has 23 heavy (non-hydrogen) atoms. The largest absolute Gasteiger partial charge is 0.367 e. The number of hydrogen-bond acceptors (Lipinski definition) is 7. The van der Waals surface area contributed by atoms with Crippen LogP contribution in [0.2, 0.25) is 0 Å². The molecule has 9 heteroatoms. The molecule has 0 aromatic carbocycles. The van der Waals surface area contributed by atoms with Crippen LogP contribution in [0.3, 0.4) is 0 Å². The zero-order chi connectivity index (χ0) is 17.2. The van der Waals surface area contributed by atoms with Gasteiger partial charge in [-0.25, -0.2) is 4.79 Å². The third-order valence-electron chi connectivity index (χ3n) is 3.24. The van der Waals surface area contributed by atoms with Crippen molar-refractivity contribution in [2.75, 3.05) is 24.5 Å². The average molecular weight is 322 g/mol. The average Bonchev–Trinajstić information content (AvgIpc) is 2.46. The van der Waals surface area contributed by atoms with E-state index in [1.54, 1.807) is 20.8 Å². The Hall–Kier alpha value is -2.55. The van der Waals surface area contributed by atoms with E-state index in [0.29, 0.717) is 18.8 Å². The fourth-order valence-corrected chi connectivity index (χ4v) is 1.90. The summed E-state index contributed by atoms with van der Waals surface area (Å²) < 4.78 is 0. The second-order valence-corrected chi connectivity index (χ2v) is 6.17. The molecule has 124 valence electrons. The summed E-state index contributed by atoms with van der Waals surface area (Å²) >= 11 is 0. The highest BCUT2D eigenvalue weighted by molar-refractivity contribution is 5.95. The van der Waals surface area contributed by atoms with Gasteiger partial charge in [-0.15, -0.1) is 5.06 Å². The van der Waals surface area contributed by atoms with Gasteiger partial charge in [-0.05, 0) is 36.7 Å². The number of carbonyl (C=O) groups is 2. The summed E-state index contributed by atoms with van der Waals surface area (Å²) in [7, 11) is 0. The summed E-state index contributed by atoms with van der Waals surface area (Å²) in [5.74, 6) is -0.955. The zero-order valence-electron chi connectivity index (χ0n) is 13.2. The minimum Gasteiger partial charge on any atom is -0.367 e. The first kappa shape index (κ1) is 16.8. The lowest BCUT2D eigenvalue weighted by Gasteiger charge is -2.33. The normalized spacial score (nSPS) is 16.3. The van der Waals surface area contributed by atoms with E-state index in [-0.39, 0.29) is 18.3 Å². The second kappa shape index (κ2) is 6.29. The monoisotopic (exact) mass is 322 g/mol. The van der Waals surface area contributed by atoms with Crippen LogP contribution in [-0.4, -0.2) is 46.5 Å². The van der Waals surface area contributed by atoms with Crippen LogP contribution >= 0.6 is 0 Å². The van der Waals surface area contributed by atoms with Crippen LogP contribution in [0.5, 0.6) is 0 Å². The van der Waals surface area contributed by atoms with Crippen molar-refractivity contribution in [3.05, 3.63) is 28.4 Å². The predicted octanol–water partition coefficient (Wildman–Crippen LogP) is 1.14. The van der Waals surface area contributed by atoms with Crippen LogP contribution in [0.1, 0.15) is 20.8 Å². The number of pyridine rings is 1. The number of rotatable bonds is 3. The van der Waals surface area contributed by atoms with Gasteiger partial charge < -0.3 is 19.9 Å². The molecule has 0 atom stereocenters. The highest BCUT2D eigenvalue weighted by Gasteiger charge is 2.31. The molecule has 1 fully saturated rings. The quantitative estimate of drug-likeness (QED) is 0.607. The number of nitrogens with zero attached hydrogens (tertiary/aromatic N) is 4. The number of aromatic nitrogens is 1. The smallest absolute Gasteiger partial charge is 0.363 e. The van der Waals surface area contributed by atoms with Gasteiger partial charge in [0.25, 0.3) is 0 Å². The lowest BCUT2D eigenvalue weighted by atomic mass is 9.98. The Morgan fingerprint density at radius 3 is 2.52 bits per heavy atom. The maximum atomic E-state index is 12.2. The van der Waals surface area contributed by atoms with Gasteiger partial charge in [0, 0.05) is 12.6 Å². The molecule has 2 heterocycles. The number of amides is 1. The van der Waals surface area contributed by atoms with E-state index in [1.165, 1.54) is 28.3 Å². The van der Waals surface area contributed by atoms with Crippen molar-refractivity contribution in [1.29, 1.82) is 0 Å². The molecule has 1 saturated heterocycles. The van der Waals surface area contributed by atoms with E-state index in [1.807, 2.05) is 0 Å². The van der Waals surface area contributed by atoms with Gasteiger partial charge in [0.05, 0.1) is 17.6 Å². The zero-order valence-corrected chi connectivity index (χ0v) is 13.2. The molecule has 2 rings (SSSR count). The van der Waals surface area contributed by atoms with Gasteiger partial charge in [0.1, 0.15) is 6.54 Å². The third-order valence-corrected chi connectivity index (χ3v) is 3.24. The Labute approximate surface area is 132 Å². The van der Waals surface area contributed by atoms with Gasteiger partial charge in [0.15, 0.2) is 6.20 Å². The van der Waals surface area contributed by atoms with E-state index < -0.39 is 16.3 Å². The van der Waals surface area contributed by atoms with E-state index >= 15 is 0 Å². The van der Waals surface area contributed by atoms with Gasteiger partial charge in [-0.3, -0.25) is 4.79 Å². The maximum absolute atomic E-state index is 12.2. The summed E-state index contributed by atoms with van der Waals surface area (Å²) in [4.78, 5) is 44.4. The second-order valence-electron chi connectivity index (χ2n) is 6.17. The number of anilines is 1. The van der Waals surface area contributed by atoms with Gasteiger partial charge in [0.2, 0.25) is 5.91 Å². The Balaban J connectivity index is 2.00. The fraction of sp³-hybridized carbons (Fsp3) is 0.500. The standard InChI is InChI=1S/C14H18N4O5/c1-14(2,3)13(20)23-16-6-7-17(12(19)9-16)10-4-5-11(15-8-10)18(21)22/h4-5,8H,6-7,9H2,1-3H3. The highest BCUT2D eigenvalue weighted by atomic mass is 16.7. The molecule has 0 radical (unpaired) electrons. The van der Waals surface area contributed by atoms with Crippen molar-refractivity contribution < 1.29 is 19.3 Å². The van der Waals surface area contributed by atoms with Crippen molar-refractivity contribution >= 4 is 23.4 Å². The topological polar surface area (TPSA) is 106 Å². The molecule has 9 nitrogen and oxygen atoms in total. The third kappa shape index (κ3) is 4.01.